The summed E-state index contributed by atoms with van der Waals surface area (Å²) in [5.41, 5.74) is 0.892. The predicted molar refractivity (Wildman–Crippen MR) is 67.9 cm³/mol. The number of hydrogen-bond donors (Lipinski definition) is 1. The molecule has 0 bridgehead atoms. The van der Waals surface area contributed by atoms with E-state index in [1.807, 2.05) is 0 Å². The number of rotatable bonds is 3. The maximum atomic E-state index is 12.1. The number of carbonyl (C=O) groups is 3. The van der Waals surface area contributed by atoms with Crippen LogP contribution in [0.4, 0.5) is 0 Å². The average Bonchev–Trinajstić information content (AvgIpc) is 2.60. The van der Waals surface area contributed by atoms with Gasteiger partial charge in [-0.2, -0.15) is 0 Å². The lowest BCUT2D eigenvalue weighted by Crippen LogP contribution is -2.05. The fraction of sp³-hybridized carbons (Fsp3) is 0.154. The van der Waals surface area contributed by atoms with Crippen LogP contribution in [0.5, 0.6) is 0 Å². The van der Waals surface area contributed by atoms with Crippen molar-refractivity contribution in [3.8, 4) is 0 Å². The number of thioether (sulfide) groups is 1. The molecule has 1 aliphatic rings. The van der Waals surface area contributed by atoms with Gasteiger partial charge >= 0.3 is 5.97 Å². The van der Waals surface area contributed by atoms with E-state index >= 15 is 0 Å². The van der Waals surface area contributed by atoms with Crippen LogP contribution in [0.2, 0.25) is 0 Å². The van der Waals surface area contributed by atoms with Gasteiger partial charge in [-0.25, -0.2) is 0 Å². The van der Waals surface area contributed by atoms with E-state index in [9.17, 15) is 14.4 Å². The number of fused-ring (bicyclic) bond motifs is 1. The summed E-state index contributed by atoms with van der Waals surface area (Å²) in [4.78, 5) is 35.1. The summed E-state index contributed by atoms with van der Waals surface area (Å²) < 4.78 is 0. The Hall–Kier alpha value is -1.88. The molecule has 1 N–H and O–H groups in total. The molecule has 1 aliphatic carbocycles. The number of carboxylic acid groups (broad SMARTS) is 1. The molecule has 1 aromatic carbocycles. The van der Waals surface area contributed by atoms with E-state index in [0.717, 1.165) is 11.8 Å². The van der Waals surface area contributed by atoms with Crippen molar-refractivity contribution in [2.75, 3.05) is 5.75 Å². The molecule has 0 spiro atoms. The van der Waals surface area contributed by atoms with E-state index in [1.54, 1.807) is 31.2 Å². The van der Waals surface area contributed by atoms with Crippen molar-refractivity contribution in [1.29, 1.82) is 0 Å². The molecule has 0 heterocycles. The Morgan fingerprint density at radius 3 is 2.11 bits per heavy atom. The molecule has 0 aliphatic heterocycles. The number of hydrogen-bond acceptors (Lipinski definition) is 4. The van der Waals surface area contributed by atoms with E-state index < -0.39 is 5.97 Å². The molecule has 92 valence electrons. The third-order valence-corrected chi connectivity index (χ3v) is 3.66. The van der Waals surface area contributed by atoms with Crippen LogP contribution in [0, 0.1) is 0 Å². The van der Waals surface area contributed by atoms with Crippen molar-refractivity contribution >= 4 is 29.3 Å². The molecule has 1 aromatic rings. The van der Waals surface area contributed by atoms with Gasteiger partial charge in [0.1, 0.15) is 0 Å². The summed E-state index contributed by atoms with van der Waals surface area (Å²) in [5, 5.41) is 8.60. The summed E-state index contributed by atoms with van der Waals surface area (Å²) in [7, 11) is 0. The normalized spacial score (nSPS) is 13.7. The molecule has 0 radical (unpaired) electrons. The molecule has 0 unspecified atom stereocenters. The number of allylic oxidation sites excluding steroid dienone is 2. The van der Waals surface area contributed by atoms with E-state index in [0.29, 0.717) is 16.0 Å². The first-order chi connectivity index (χ1) is 8.52. The molecule has 0 fully saturated rings. The third-order valence-electron chi connectivity index (χ3n) is 2.63. The van der Waals surface area contributed by atoms with Gasteiger partial charge < -0.3 is 5.11 Å². The molecule has 18 heavy (non-hydrogen) atoms. The van der Waals surface area contributed by atoms with E-state index in [-0.39, 0.29) is 22.9 Å². The number of Topliss-reactive ketones (excluding diaryl/α,β-unsaturated/α-hetero) is 2. The first-order valence-corrected chi connectivity index (χ1v) is 6.25. The predicted octanol–water partition coefficient (Wildman–Crippen LogP) is 2.16. The third kappa shape index (κ3) is 2.09. The first-order valence-electron chi connectivity index (χ1n) is 5.26. The molecule has 0 saturated carbocycles. The van der Waals surface area contributed by atoms with Crippen molar-refractivity contribution in [1.82, 2.24) is 0 Å². The van der Waals surface area contributed by atoms with Crippen molar-refractivity contribution in [2.24, 2.45) is 0 Å². The highest BCUT2D eigenvalue weighted by Crippen LogP contribution is 2.31. The van der Waals surface area contributed by atoms with Crippen molar-refractivity contribution in [3.05, 3.63) is 45.9 Å². The average molecular weight is 262 g/mol. The highest BCUT2D eigenvalue weighted by Gasteiger charge is 2.34. The Morgan fingerprint density at radius 2 is 1.67 bits per heavy atom. The van der Waals surface area contributed by atoms with E-state index in [1.165, 1.54) is 0 Å². The number of carboxylic acids is 1. The first kappa shape index (κ1) is 12.6. The molecular weight excluding hydrogens is 252 g/mol. The van der Waals surface area contributed by atoms with Crippen LogP contribution in [0.15, 0.2) is 34.7 Å². The van der Waals surface area contributed by atoms with Crippen molar-refractivity contribution < 1.29 is 19.5 Å². The Labute approximate surface area is 108 Å². The topological polar surface area (TPSA) is 71.4 Å². The van der Waals surface area contributed by atoms with Crippen LogP contribution in [-0.2, 0) is 4.79 Å². The lowest BCUT2D eigenvalue weighted by atomic mass is 10.1. The molecule has 0 saturated heterocycles. The van der Waals surface area contributed by atoms with Crippen LogP contribution < -0.4 is 0 Å². The smallest absolute Gasteiger partial charge is 0.313 e. The van der Waals surface area contributed by atoms with Gasteiger partial charge in [-0.1, -0.05) is 24.3 Å². The second-order valence-corrected chi connectivity index (χ2v) is 5.01. The molecule has 2 rings (SSSR count). The van der Waals surface area contributed by atoms with Gasteiger partial charge in [0, 0.05) is 11.1 Å². The SMILES string of the molecule is CC(SCC(=O)O)=C1C(=O)c2ccccc2C1=O. The minimum Gasteiger partial charge on any atom is -0.481 e. The molecule has 0 aromatic heterocycles. The van der Waals surface area contributed by atoms with Gasteiger partial charge in [0.15, 0.2) is 11.6 Å². The standard InChI is InChI=1S/C13H10O4S/c1-7(18-6-10(14)15)11-12(16)8-4-2-3-5-9(8)13(11)17/h2-5H,6H2,1H3,(H,14,15). The minimum absolute atomic E-state index is 0.0995. The molecule has 0 atom stereocenters. The molecular formula is C13H10O4S. The highest BCUT2D eigenvalue weighted by atomic mass is 32.2. The van der Waals surface area contributed by atoms with Crippen molar-refractivity contribution in [3.63, 3.8) is 0 Å². The van der Waals surface area contributed by atoms with Crippen LogP contribution in [0.3, 0.4) is 0 Å². The lowest BCUT2D eigenvalue weighted by Gasteiger charge is -2.01. The monoisotopic (exact) mass is 262 g/mol. The van der Waals surface area contributed by atoms with E-state index in [2.05, 4.69) is 0 Å². The quantitative estimate of drug-likeness (QED) is 0.667. The lowest BCUT2D eigenvalue weighted by molar-refractivity contribution is -0.133. The summed E-state index contributed by atoms with van der Waals surface area (Å²) in [5.74, 6) is -1.76. The fourth-order valence-electron chi connectivity index (χ4n) is 1.81. The van der Waals surface area contributed by atoms with Crippen molar-refractivity contribution in [2.45, 2.75) is 6.92 Å². The summed E-state index contributed by atoms with van der Waals surface area (Å²) in [6.07, 6.45) is 0. The van der Waals surface area contributed by atoms with Gasteiger partial charge in [0.05, 0.1) is 11.3 Å². The Bertz CT molecular complexity index is 549. The zero-order chi connectivity index (χ0) is 13.3. The molecule has 0 amide bonds. The number of benzene rings is 1. The second kappa shape index (κ2) is 4.78. The minimum atomic E-state index is -0.977. The Morgan fingerprint density at radius 1 is 1.17 bits per heavy atom. The fourth-order valence-corrected chi connectivity index (χ4v) is 2.48. The number of ketones is 2. The summed E-state index contributed by atoms with van der Waals surface area (Å²) >= 11 is 0.998. The van der Waals surface area contributed by atoms with Crippen LogP contribution in [-0.4, -0.2) is 28.4 Å². The molecule has 4 nitrogen and oxygen atoms in total. The van der Waals surface area contributed by atoms with Gasteiger partial charge in [0.25, 0.3) is 0 Å². The maximum absolute atomic E-state index is 12.1. The van der Waals surface area contributed by atoms with Crippen LogP contribution in [0.1, 0.15) is 27.6 Å². The zero-order valence-electron chi connectivity index (χ0n) is 9.60. The van der Waals surface area contributed by atoms with Gasteiger partial charge in [-0.3, -0.25) is 14.4 Å². The Kier molecular flexibility index (Phi) is 3.34. The van der Waals surface area contributed by atoms with E-state index in [4.69, 9.17) is 5.11 Å². The Balaban J connectivity index is 2.38. The van der Waals surface area contributed by atoms with Gasteiger partial charge in [-0.05, 0) is 11.8 Å². The van der Waals surface area contributed by atoms with Gasteiger partial charge in [0.2, 0.25) is 0 Å². The summed E-state index contributed by atoms with van der Waals surface area (Å²) in [6, 6.07) is 6.62. The second-order valence-electron chi connectivity index (χ2n) is 3.82. The van der Waals surface area contributed by atoms with Crippen LogP contribution in [0.25, 0.3) is 0 Å². The number of carbonyl (C=O) groups excluding carboxylic acids is 2. The zero-order valence-corrected chi connectivity index (χ0v) is 10.4. The van der Waals surface area contributed by atoms with Gasteiger partial charge in [-0.15, -0.1) is 11.8 Å². The molecule has 5 heteroatoms. The maximum Gasteiger partial charge on any atom is 0.313 e. The highest BCUT2D eigenvalue weighted by molar-refractivity contribution is 8.03. The number of aliphatic carboxylic acids is 1. The van der Waals surface area contributed by atoms with Crippen LogP contribution >= 0.6 is 11.8 Å². The summed E-state index contributed by atoms with van der Waals surface area (Å²) in [6.45, 7) is 1.60. The largest absolute Gasteiger partial charge is 0.481 e.